The Hall–Kier alpha value is -0.0800. The van der Waals surface area contributed by atoms with Crippen LogP contribution in [-0.4, -0.2) is 37.1 Å². The third-order valence-electron chi connectivity index (χ3n) is 2.73. The van der Waals surface area contributed by atoms with Crippen molar-refractivity contribution in [1.29, 1.82) is 0 Å². The Kier molecular flexibility index (Phi) is 1.66. The van der Waals surface area contributed by atoms with Gasteiger partial charge in [-0.15, -0.1) is 0 Å². The van der Waals surface area contributed by atoms with Gasteiger partial charge in [-0.05, 0) is 32.9 Å². The Morgan fingerprint density at radius 2 is 2.00 bits per heavy atom. The van der Waals surface area contributed by atoms with Crippen molar-refractivity contribution >= 4 is 0 Å². The van der Waals surface area contributed by atoms with Crippen LogP contribution in [0.15, 0.2) is 0 Å². The van der Waals surface area contributed by atoms with Crippen LogP contribution in [0.2, 0.25) is 0 Å². The van der Waals surface area contributed by atoms with Crippen molar-refractivity contribution in [3.63, 3.8) is 0 Å². The van der Waals surface area contributed by atoms with Gasteiger partial charge in [-0.1, -0.05) is 0 Å². The van der Waals surface area contributed by atoms with Crippen LogP contribution in [-0.2, 0) is 0 Å². The van der Waals surface area contributed by atoms with E-state index in [2.05, 4.69) is 17.3 Å². The van der Waals surface area contributed by atoms with Crippen LogP contribution < -0.4 is 5.32 Å². The minimum atomic E-state index is 0.803. The molecule has 2 heterocycles. The fourth-order valence-corrected chi connectivity index (χ4v) is 2.12. The fourth-order valence-electron chi connectivity index (χ4n) is 2.12. The molecule has 10 heavy (non-hydrogen) atoms. The molecule has 2 fully saturated rings. The topological polar surface area (TPSA) is 15.3 Å². The van der Waals surface area contributed by atoms with E-state index in [-0.39, 0.29) is 0 Å². The Bertz CT molecular complexity index is 124. The maximum atomic E-state index is 3.64. The Morgan fingerprint density at radius 3 is 2.90 bits per heavy atom. The van der Waals surface area contributed by atoms with Crippen LogP contribution in [0.1, 0.15) is 19.3 Å². The molecule has 0 unspecified atom stereocenters. The average molecular weight is 140 g/mol. The molecular weight excluding hydrogens is 124 g/mol. The smallest absolute Gasteiger partial charge is 0.0198 e. The molecule has 2 saturated heterocycles. The molecule has 2 rings (SSSR count). The van der Waals surface area contributed by atoms with E-state index in [1.54, 1.807) is 0 Å². The summed E-state index contributed by atoms with van der Waals surface area (Å²) in [6.07, 6.45) is 4.17. The quantitative estimate of drug-likeness (QED) is 0.525. The van der Waals surface area contributed by atoms with Crippen molar-refractivity contribution in [3.8, 4) is 0 Å². The molecule has 0 aromatic carbocycles. The van der Waals surface area contributed by atoms with Gasteiger partial charge in [0.25, 0.3) is 0 Å². The largest absolute Gasteiger partial charge is 0.310 e. The molecule has 0 radical (unpaired) electrons. The lowest BCUT2D eigenvalue weighted by molar-refractivity contribution is 0.313. The van der Waals surface area contributed by atoms with Gasteiger partial charge in [0, 0.05) is 18.6 Å². The van der Waals surface area contributed by atoms with E-state index in [1.165, 1.54) is 32.4 Å². The summed E-state index contributed by atoms with van der Waals surface area (Å²) < 4.78 is 0. The molecule has 0 spiro atoms. The summed E-state index contributed by atoms with van der Waals surface area (Å²) in [5.41, 5.74) is 0. The first-order valence-corrected chi connectivity index (χ1v) is 4.29. The van der Waals surface area contributed by atoms with Gasteiger partial charge in [0.05, 0.1) is 0 Å². The highest BCUT2D eigenvalue weighted by atomic mass is 15.2. The summed E-state index contributed by atoms with van der Waals surface area (Å²) in [7, 11) is 2.22. The molecule has 0 aromatic heterocycles. The zero-order valence-electron chi connectivity index (χ0n) is 6.64. The average Bonchev–Trinajstić information content (AvgIpc) is 2.22. The van der Waals surface area contributed by atoms with Crippen molar-refractivity contribution in [2.75, 3.05) is 20.1 Å². The second-order valence-corrected chi connectivity index (χ2v) is 3.69. The molecule has 2 heteroatoms. The SMILES string of the molecule is CN1CC[C@H]2CC[C@@H](C1)N2. The van der Waals surface area contributed by atoms with Crippen LogP contribution in [0.5, 0.6) is 0 Å². The highest BCUT2D eigenvalue weighted by Crippen LogP contribution is 2.18. The molecule has 2 atom stereocenters. The lowest BCUT2D eigenvalue weighted by Crippen LogP contribution is -2.33. The Labute approximate surface area is 62.6 Å². The zero-order valence-corrected chi connectivity index (χ0v) is 6.64. The maximum Gasteiger partial charge on any atom is 0.0198 e. The van der Waals surface area contributed by atoms with E-state index < -0.39 is 0 Å². The second-order valence-electron chi connectivity index (χ2n) is 3.69. The normalized spacial score (nSPS) is 41.7. The number of likely N-dealkylation sites (N-methyl/N-ethyl adjacent to an activating group) is 1. The van der Waals surface area contributed by atoms with Crippen molar-refractivity contribution in [2.45, 2.75) is 31.3 Å². The van der Waals surface area contributed by atoms with Crippen LogP contribution in [0.4, 0.5) is 0 Å². The van der Waals surface area contributed by atoms with Crippen molar-refractivity contribution < 1.29 is 0 Å². The number of fused-ring (bicyclic) bond motifs is 2. The Balaban J connectivity index is 1.99. The van der Waals surface area contributed by atoms with E-state index in [9.17, 15) is 0 Å². The predicted octanol–water partition coefficient (Wildman–Crippen LogP) is 0.442. The number of rotatable bonds is 0. The molecule has 58 valence electrons. The highest BCUT2D eigenvalue weighted by Gasteiger charge is 2.27. The molecule has 2 bridgehead atoms. The maximum absolute atomic E-state index is 3.64. The fraction of sp³-hybridized carbons (Fsp3) is 1.00. The molecule has 2 aliphatic heterocycles. The van der Waals surface area contributed by atoms with E-state index in [0.717, 1.165) is 12.1 Å². The van der Waals surface area contributed by atoms with Gasteiger partial charge in [-0.3, -0.25) is 0 Å². The van der Waals surface area contributed by atoms with Gasteiger partial charge < -0.3 is 10.2 Å². The summed E-state index contributed by atoms with van der Waals surface area (Å²) in [5, 5.41) is 3.64. The van der Waals surface area contributed by atoms with Crippen LogP contribution >= 0.6 is 0 Å². The van der Waals surface area contributed by atoms with Gasteiger partial charge in [0.15, 0.2) is 0 Å². The first-order valence-electron chi connectivity index (χ1n) is 4.29. The number of hydrogen-bond donors (Lipinski definition) is 1. The minimum Gasteiger partial charge on any atom is -0.310 e. The zero-order chi connectivity index (χ0) is 6.97. The van der Waals surface area contributed by atoms with Gasteiger partial charge in [-0.25, -0.2) is 0 Å². The predicted molar refractivity (Wildman–Crippen MR) is 42.1 cm³/mol. The first kappa shape index (κ1) is 6.62. The summed E-state index contributed by atoms with van der Waals surface area (Å²) in [4.78, 5) is 2.44. The van der Waals surface area contributed by atoms with Gasteiger partial charge in [-0.2, -0.15) is 0 Å². The second kappa shape index (κ2) is 2.51. The Morgan fingerprint density at radius 1 is 1.20 bits per heavy atom. The number of likely N-dealkylation sites (tertiary alicyclic amines) is 1. The van der Waals surface area contributed by atoms with Crippen molar-refractivity contribution in [3.05, 3.63) is 0 Å². The first-order chi connectivity index (χ1) is 4.84. The minimum absolute atomic E-state index is 0.803. The number of nitrogens with one attached hydrogen (secondary N) is 1. The van der Waals surface area contributed by atoms with E-state index in [0.29, 0.717) is 0 Å². The lowest BCUT2D eigenvalue weighted by Gasteiger charge is -2.17. The molecule has 0 amide bonds. The summed E-state index contributed by atoms with van der Waals surface area (Å²) >= 11 is 0. The molecular formula is C8H16N2. The van der Waals surface area contributed by atoms with Gasteiger partial charge in [0.1, 0.15) is 0 Å². The van der Waals surface area contributed by atoms with E-state index >= 15 is 0 Å². The van der Waals surface area contributed by atoms with Crippen LogP contribution in [0.3, 0.4) is 0 Å². The standard InChI is InChI=1S/C8H16N2/c1-10-5-4-7-2-3-8(6-10)9-7/h7-9H,2-6H2,1H3/t7-,8+/m1/s1. The highest BCUT2D eigenvalue weighted by molar-refractivity contribution is 4.88. The van der Waals surface area contributed by atoms with Gasteiger partial charge >= 0.3 is 0 Å². The van der Waals surface area contributed by atoms with Crippen LogP contribution in [0.25, 0.3) is 0 Å². The lowest BCUT2D eigenvalue weighted by atomic mass is 10.1. The third kappa shape index (κ3) is 1.18. The molecule has 0 aliphatic carbocycles. The third-order valence-corrected chi connectivity index (χ3v) is 2.73. The van der Waals surface area contributed by atoms with Gasteiger partial charge in [0.2, 0.25) is 0 Å². The van der Waals surface area contributed by atoms with E-state index in [1.807, 2.05) is 0 Å². The summed E-state index contributed by atoms with van der Waals surface area (Å²) in [5.74, 6) is 0. The molecule has 0 saturated carbocycles. The molecule has 0 aromatic rings. The number of nitrogens with zero attached hydrogens (tertiary/aromatic N) is 1. The molecule has 2 aliphatic rings. The van der Waals surface area contributed by atoms with Crippen molar-refractivity contribution in [2.24, 2.45) is 0 Å². The summed E-state index contributed by atoms with van der Waals surface area (Å²) in [6, 6.07) is 1.65. The molecule has 2 nitrogen and oxygen atoms in total. The monoisotopic (exact) mass is 140 g/mol. The number of hydrogen-bond acceptors (Lipinski definition) is 2. The van der Waals surface area contributed by atoms with Crippen molar-refractivity contribution in [1.82, 2.24) is 10.2 Å². The molecule has 1 N–H and O–H groups in total. The van der Waals surface area contributed by atoms with Crippen LogP contribution in [0, 0.1) is 0 Å². The van der Waals surface area contributed by atoms with E-state index in [4.69, 9.17) is 0 Å². The summed E-state index contributed by atoms with van der Waals surface area (Å²) in [6.45, 7) is 2.55.